The van der Waals surface area contributed by atoms with E-state index in [9.17, 15) is 0 Å². The average molecular weight is 277 g/mol. The molecule has 0 saturated heterocycles. The van der Waals surface area contributed by atoms with Gasteiger partial charge in [-0.05, 0) is 46.6 Å². The number of aryl methyl sites for hydroxylation is 1. The number of nitrogens with one attached hydrogen (secondary N) is 1. The van der Waals surface area contributed by atoms with Crippen molar-refractivity contribution in [2.75, 3.05) is 5.32 Å². The molecule has 2 aromatic rings. The second-order valence-electron chi connectivity index (χ2n) is 3.68. The van der Waals surface area contributed by atoms with E-state index < -0.39 is 0 Å². The quantitative estimate of drug-likeness (QED) is 0.864. The lowest BCUT2D eigenvalue weighted by Crippen LogP contribution is -2.00. The summed E-state index contributed by atoms with van der Waals surface area (Å²) in [7, 11) is 0. The summed E-state index contributed by atoms with van der Waals surface area (Å²) >= 11 is 3.43. The van der Waals surface area contributed by atoms with Crippen LogP contribution < -0.4 is 5.32 Å². The molecule has 0 fully saturated rings. The summed E-state index contributed by atoms with van der Waals surface area (Å²) in [6.07, 6.45) is 1.78. The Morgan fingerprint density at radius 1 is 1.25 bits per heavy atom. The minimum Gasteiger partial charge on any atom is -0.381 e. The molecule has 0 saturated carbocycles. The van der Waals surface area contributed by atoms with E-state index in [1.807, 2.05) is 6.07 Å². The predicted molar refractivity (Wildman–Crippen MR) is 70.4 cm³/mol. The van der Waals surface area contributed by atoms with Crippen LogP contribution in [0.4, 0.5) is 5.69 Å². The third kappa shape index (κ3) is 2.83. The second kappa shape index (κ2) is 5.12. The minimum atomic E-state index is 0.776. The molecule has 0 amide bonds. The van der Waals surface area contributed by atoms with Crippen LogP contribution >= 0.6 is 15.9 Å². The highest BCUT2D eigenvalue weighted by molar-refractivity contribution is 9.10. The van der Waals surface area contributed by atoms with Crippen LogP contribution in [0.1, 0.15) is 11.1 Å². The van der Waals surface area contributed by atoms with Crippen LogP contribution in [-0.4, -0.2) is 4.98 Å². The molecule has 82 valence electrons. The molecule has 1 heterocycles. The van der Waals surface area contributed by atoms with Crippen molar-refractivity contribution in [3.8, 4) is 0 Å². The SMILES string of the molecule is Cc1cccc(NCc2cccnc2Br)c1. The van der Waals surface area contributed by atoms with Gasteiger partial charge in [0.15, 0.2) is 0 Å². The first-order valence-corrected chi connectivity index (χ1v) is 5.95. The summed E-state index contributed by atoms with van der Waals surface area (Å²) in [5.74, 6) is 0. The van der Waals surface area contributed by atoms with Crippen LogP contribution in [0.2, 0.25) is 0 Å². The molecule has 16 heavy (non-hydrogen) atoms. The highest BCUT2D eigenvalue weighted by Gasteiger charge is 1.99. The van der Waals surface area contributed by atoms with Crippen molar-refractivity contribution < 1.29 is 0 Å². The van der Waals surface area contributed by atoms with Crippen molar-refractivity contribution in [2.24, 2.45) is 0 Å². The van der Waals surface area contributed by atoms with E-state index in [-0.39, 0.29) is 0 Å². The maximum Gasteiger partial charge on any atom is 0.111 e. The fourth-order valence-electron chi connectivity index (χ4n) is 1.50. The van der Waals surface area contributed by atoms with E-state index in [1.165, 1.54) is 5.56 Å². The van der Waals surface area contributed by atoms with Gasteiger partial charge in [-0.2, -0.15) is 0 Å². The van der Waals surface area contributed by atoms with E-state index in [0.717, 1.165) is 22.4 Å². The molecular formula is C13H13BrN2. The van der Waals surface area contributed by atoms with Crippen LogP contribution in [0.3, 0.4) is 0 Å². The fraction of sp³-hybridized carbons (Fsp3) is 0.154. The number of aromatic nitrogens is 1. The van der Waals surface area contributed by atoms with E-state index in [2.05, 4.69) is 63.5 Å². The van der Waals surface area contributed by atoms with Crippen LogP contribution in [0.25, 0.3) is 0 Å². The van der Waals surface area contributed by atoms with E-state index in [4.69, 9.17) is 0 Å². The summed E-state index contributed by atoms with van der Waals surface area (Å²) in [5.41, 5.74) is 3.55. The normalized spacial score (nSPS) is 10.1. The minimum absolute atomic E-state index is 0.776. The van der Waals surface area contributed by atoms with Crippen molar-refractivity contribution >= 4 is 21.6 Å². The van der Waals surface area contributed by atoms with Gasteiger partial charge in [-0.25, -0.2) is 4.98 Å². The number of hydrogen-bond donors (Lipinski definition) is 1. The molecule has 1 aromatic heterocycles. The predicted octanol–water partition coefficient (Wildman–Crippen LogP) is 3.76. The van der Waals surface area contributed by atoms with E-state index in [0.29, 0.717) is 0 Å². The van der Waals surface area contributed by atoms with Gasteiger partial charge in [-0.3, -0.25) is 0 Å². The van der Waals surface area contributed by atoms with Crippen LogP contribution in [0, 0.1) is 6.92 Å². The zero-order valence-electron chi connectivity index (χ0n) is 9.07. The number of halogens is 1. The van der Waals surface area contributed by atoms with Crippen molar-refractivity contribution in [3.05, 3.63) is 58.3 Å². The van der Waals surface area contributed by atoms with Gasteiger partial charge in [0.25, 0.3) is 0 Å². The van der Waals surface area contributed by atoms with E-state index >= 15 is 0 Å². The summed E-state index contributed by atoms with van der Waals surface area (Å²) in [4.78, 5) is 4.19. The highest BCUT2D eigenvalue weighted by Crippen LogP contribution is 2.15. The van der Waals surface area contributed by atoms with Gasteiger partial charge in [0.2, 0.25) is 0 Å². The lowest BCUT2D eigenvalue weighted by atomic mass is 10.2. The Balaban J connectivity index is 2.05. The molecule has 0 unspecified atom stereocenters. The Bertz CT molecular complexity index is 483. The second-order valence-corrected chi connectivity index (χ2v) is 4.43. The number of hydrogen-bond acceptors (Lipinski definition) is 2. The maximum atomic E-state index is 4.19. The largest absolute Gasteiger partial charge is 0.381 e. The Labute approximate surface area is 104 Å². The summed E-state index contributed by atoms with van der Waals surface area (Å²) in [5, 5.41) is 3.37. The highest BCUT2D eigenvalue weighted by atomic mass is 79.9. The first kappa shape index (κ1) is 11.1. The van der Waals surface area contributed by atoms with Gasteiger partial charge in [0.05, 0.1) is 0 Å². The summed E-state index contributed by atoms with van der Waals surface area (Å²) in [6, 6.07) is 12.3. The third-order valence-electron chi connectivity index (χ3n) is 2.34. The summed E-state index contributed by atoms with van der Waals surface area (Å²) in [6.45, 7) is 2.86. The maximum absolute atomic E-state index is 4.19. The standard InChI is InChI=1S/C13H13BrN2/c1-10-4-2-6-12(8-10)16-9-11-5-3-7-15-13(11)14/h2-8,16H,9H2,1H3. The molecule has 1 N–H and O–H groups in total. The zero-order valence-corrected chi connectivity index (χ0v) is 10.7. The van der Waals surface area contributed by atoms with Crippen LogP contribution in [0.5, 0.6) is 0 Å². The smallest absolute Gasteiger partial charge is 0.111 e. The molecule has 2 nitrogen and oxygen atoms in total. The molecule has 0 aliphatic carbocycles. The number of benzene rings is 1. The fourth-order valence-corrected chi connectivity index (χ4v) is 1.89. The van der Waals surface area contributed by atoms with Crippen LogP contribution in [-0.2, 0) is 6.54 Å². The van der Waals surface area contributed by atoms with Gasteiger partial charge >= 0.3 is 0 Å². The molecule has 3 heteroatoms. The monoisotopic (exact) mass is 276 g/mol. The van der Waals surface area contributed by atoms with Crippen molar-refractivity contribution in [3.63, 3.8) is 0 Å². The number of pyridine rings is 1. The first-order valence-electron chi connectivity index (χ1n) is 5.15. The van der Waals surface area contributed by atoms with Gasteiger partial charge in [0.1, 0.15) is 4.60 Å². The molecule has 0 spiro atoms. The van der Waals surface area contributed by atoms with Crippen molar-refractivity contribution in [1.29, 1.82) is 0 Å². The molecular weight excluding hydrogens is 264 g/mol. The topological polar surface area (TPSA) is 24.9 Å². The molecule has 0 radical (unpaired) electrons. The van der Waals surface area contributed by atoms with E-state index in [1.54, 1.807) is 6.20 Å². The first-order chi connectivity index (χ1) is 7.75. The van der Waals surface area contributed by atoms with Crippen molar-refractivity contribution in [2.45, 2.75) is 13.5 Å². The van der Waals surface area contributed by atoms with Gasteiger partial charge in [0, 0.05) is 24.0 Å². The third-order valence-corrected chi connectivity index (χ3v) is 3.05. The van der Waals surface area contributed by atoms with Gasteiger partial charge in [-0.15, -0.1) is 0 Å². The van der Waals surface area contributed by atoms with Gasteiger partial charge < -0.3 is 5.32 Å². The number of rotatable bonds is 3. The Kier molecular flexibility index (Phi) is 3.57. The Morgan fingerprint density at radius 3 is 2.88 bits per heavy atom. The lowest BCUT2D eigenvalue weighted by molar-refractivity contribution is 1.09. The Hall–Kier alpha value is -1.35. The lowest BCUT2D eigenvalue weighted by Gasteiger charge is -2.08. The molecule has 0 aliphatic heterocycles. The summed E-state index contributed by atoms with van der Waals surface area (Å²) < 4.78 is 0.898. The zero-order chi connectivity index (χ0) is 11.4. The molecule has 0 atom stereocenters. The van der Waals surface area contributed by atoms with Crippen molar-refractivity contribution in [1.82, 2.24) is 4.98 Å². The molecule has 0 bridgehead atoms. The molecule has 2 rings (SSSR count). The molecule has 1 aromatic carbocycles. The molecule has 0 aliphatic rings. The van der Waals surface area contributed by atoms with Crippen LogP contribution in [0.15, 0.2) is 47.2 Å². The average Bonchev–Trinajstić information content (AvgIpc) is 2.28. The number of anilines is 1. The Morgan fingerprint density at radius 2 is 2.12 bits per heavy atom. The van der Waals surface area contributed by atoms with Gasteiger partial charge in [-0.1, -0.05) is 18.2 Å². The number of nitrogens with zero attached hydrogens (tertiary/aromatic N) is 1.